The van der Waals surface area contributed by atoms with E-state index in [1.807, 2.05) is 12.1 Å². The lowest BCUT2D eigenvalue weighted by molar-refractivity contribution is 0.399. The molecule has 0 saturated carbocycles. The number of hydrogen-bond donors (Lipinski definition) is 4. The summed E-state index contributed by atoms with van der Waals surface area (Å²) >= 11 is 6.68. The van der Waals surface area contributed by atoms with E-state index in [4.69, 9.17) is 21.6 Å². The first-order chi connectivity index (χ1) is 14.2. The van der Waals surface area contributed by atoms with Gasteiger partial charge in [-0.15, -0.1) is 0 Å². The maximum absolute atomic E-state index is 8.83. The smallest absolute Gasteiger partial charge is 0.158 e. The molecular formula is C20H24ClN7O. The van der Waals surface area contributed by atoms with Gasteiger partial charge in [0.2, 0.25) is 0 Å². The van der Waals surface area contributed by atoms with Crippen LogP contribution in [0.3, 0.4) is 0 Å². The number of methoxy groups -OCH3 is 1. The molecule has 0 spiro atoms. The van der Waals surface area contributed by atoms with Crippen molar-refractivity contribution in [3.05, 3.63) is 46.4 Å². The number of benzene rings is 1. The molecule has 0 amide bonds. The summed E-state index contributed by atoms with van der Waals surface area (Å²) in [6, 6.07) is 6.13. The first kappa shape index (κ1) is 19.9. The molecular weight excluding hydrogens is 390 g/mol. The second-order valence-corrected chi connectivity index (χ2v) is 7.72. The van der Waals surface area contributed by atoms with Gasteiger partial charge in [0.15, 0.2) is 5.69 Å². The maximum atomic E-state index is 8.83. The molecule has 3 heterocycles. The number of ether oxygens (including phenoxy) is 1. The Morgan fingerprint density at radius 2 is 2.00 bits per heavy atom. The van der Waals surface area contributed by atoms with Crippen LogP contribution in [0.4, 0.5) is 5.82 Å². The fourth-order valence-electron chi connectivity index (χ4n) is 3.97. The van der Waals surface area contributed by atoms with E-state index in [9.17, 15) is 0 Å². The largest absolute Gasteiger partial charge is 0.496 e. The van der Waals surface area contributed by atoms with Crippen molar-refractivity contribution in [2.45, 2.75) is 37.4 Å². The van der Waals surface area contributed by atoms with E-state index >= 15 is 0 Å². The molecule has 0 bridgehead atoms. The average molecular weight is 414 g/mol. The van der Waals surface area contributed by atoms with E-state index in [1.54, 1.807) is 13.3 Å². The fourth-order valence-corrected chi connectivity index (χ4v) is 4.30. The summed E-state index contributed by atoms with van der Waals surface area (Å²) in [6.45, 7) is 2.04. The number of anilines is 1. The Morgan fingerprint density at radius 3 is 2.69 bits per heavy atom. The van der Waals surface area contributed by atoms with Gasteiger partial charge >= 0.3 is 0 Å². The van der Waals surface area contributed by atoms with Crippen molar-refractivity contribution in [2.75, 3.05) is 25.5 Å². The van der Waals surface area contributed by atoms with E-state index in [1.165, 1.54) is 11.8 Å². The van der Waals surface area contributed by atoms with Crippen LogP contribution in [0.5, 0.6) is 5.75 Å². The Morgan fingerprint density at radius 1 is 1.17 bits per heavy atom. The minimum Gasteiger partial charge on any atom is -0.496 e. The quantitative estimate of drug-likeness (QED) is 0.592. The molecule has 4 rings (SSSR count). The van der Waals surface area contributed by atoms with E-state index in [0.29, 0.717) is 17.4 Å². The summed E-state index contributed by atoms with van der Waals surface area (Å²) in [5, 5.41) is 16.3. The number of rotatable bonds is 5. The van der Waals surface area contributed by atoms with Gasteiger partial charge in [-0.05, 0) is 49.5 Å². The highest BCUT2D eigenvalue weighted by Gasteiger charge is 2.29. The third kappa shape index (κ3) is 4.43. The predicted molar refractivity (Wildman–Crippen MR) is 111 cm³/mol. The zero-order chi connectivity index (χ0) is 20.2. The second kappa shape index (κ2) is 8.93. The third-order valence-corrected chi connectivity index (χ3v) is 5.82. The van der Waals surface area contributed by atoms with Gasteiger partial charge in [-0.2, -0.15) is 5.26 Å². The van der Waals surface area contributed by atoms with Crippen LogP contribution in [-0.2, 0) is 0 Å². The Balaban J connectivity index is 1.47. The van der Waals surface area contributed by atoms with Crippen LogP contribution in [0, 0.1) is 11.3 Å². The number of hydrazine groups is 1. The lowest BCUT2D eigenvalue weighted by atomic mass is 9.88. The first-order valence-electron chi connectivity index (χ1n) is 9.75. The highest BCUT2D eigenvalue weighted by molar-refractivity contribution is 6.31. The van der Waals surface area contributed by atoms with Gasteiger partial charge in [0.25, 0.3) is 0 Å². The lowest BCUT2D eigenvalue weighted by Gasteiger charge is -2.25. The number of nitrogens with zero attached hydrogens (tertiary/aromatic N) is 3. The van der Waals surface area contributed by atoms with Crippen LogP contribution in [0.1, 0.15) is 48.0 Å². The molecule has 9 heteroatoms. The summed E-state index contributed by atoms with van der Waals surface area (Å²) in [4.78, 5) is 8.24. The Kier molecular flexibility index (Phi) is 6.11. The average Bonchev–Trinajstić information content (AvgIpc) is 3.23. The Hall–Kier alpha value is -2.44. The molecule has 152 valence electrons. The van der Waals surface area contributed by atoms with Crippen molar-refractivity contribution >= 4 is 17.4 Å². The lowest BCUT2D eigenvalue weighted by Crippen LogP contribution is -2.36. The first-order valence-corrected chi connectivity index (χ1v) is 10.1. The number of aromatic nitrogens is 2. The Bertz CT molecular complexity index is 893. The Labute approximate surface area is 175 Å². The van der Waals surface area contributed by atoms with Gasteiger partial charge in [0.05, 0.1) is 31.7 Å². The van der Waals surface area contributed by atoms with Crippen LogP contribution < -0.4 is 26.2 Å². The molecule has 1 aromatic heterocycles. The number of nitriles is 1. The third-order valence-electron chi connectivity index (χ3n) is 5.50. The highest BCUT2D eigenvalue weighted by Crippen LogP contribution is 2.39. The highest BCUT2D eigenvalue weighted by atomic mass is 35.5. The van der Waals surface area contributed by atoms with Gasteiger partial charge in [0, 0.05) is 17.0 Å². The molecule has 2 atom stereocenters. The normalized spacial score (nSPS) is 22.2. The molecule has 2 aliphatic rings. The zero-order valence-electron chi connectivity index (χ0n) is 16.2. The summed E-state index contributed by atoms with van der Waals surface area (Å²) in [7, 11) is 1.70. The molecule has 4 N–H and O–H groups in total. The molecule has 1 aromatic carbocycles. The van der Waals surface area contributed by atoms with Crippen molar-refractivity contribution in [2.24, 2.45) is 0 Å². The summed E-state index contributed by atoms with van der Waals surface area (Å²) in [5.74, 6) is 1.92. The van der Waals surface area contributed by atoms with Gasteiger partial charge in [0.1, 0.15) is 17.6 Å². The van der Waals surface area contributed by atoms with E-state index in [2.05, 4.69) is 37.5 Å². The van der Waals surface area contributed by atoms with Crippen molar-refractivity contribution in [1.82, 2.24) is 26.1 Å². The summed E-state index contributed by atoms with van der Waals surface area (Å²) < 4.78 is 5.71. The van der Waals surface area contributed by atoms with E-state index < -0.39 is 0 Å². The van der Waals surface area contributed by atoms with E-state index in [0.717, 1.165) is 48.7 Å². The van der Waals surface area contributed by atoms with Crippen molar-refractivity contribution in [1.29, 1.82) is 5.26 Å². The molecule has 8 nitrogen and oxygen atoms in total. The molecule has 2 fully saturated rings. The van der Waals surface area contributed by atoms with Gasteiger partial charge in [-0.3, -0.25) is 0 Å². The SMILES string of the molecule is COc1cc(C2CCNCC2)c(Cl)cc1C1CC(Nc2cnc(C#N)cn2)NN1. The second-order valence-electron chi connectivity index (χ2n) is 7.31. The summed E-state index contributed by atoms with van der Waals surface area (Å²) in [5.41, 5.74) is 9.02. The van der Waals surface area contributed by atoms with Crippen molar-refractivity contribution < 1.29 is 4.74 Å². The minimum absolute atomic E-state index is 0.0355. The fraction of sp³-hybridized carbons (Fsp3) is 0.450. The number of hydrogen-bond acceptors (Lipinski definition) is 8. The molecule has 29 heavy (non-hydrogen) atoms. The van der Waals surface area contributed by atoms with Gasteiger partial charge in [-0.1, -0.05) is 11.6 Å². The minimum atomic E-state index is -0.0465. The van der Waals surface area contributed by atoms with Crippen LogP contribution >= 0.6 is 11.6 Å². The zero-order valence-corrected chi connectivity index (χ0v) is 17.0. The standard InChI is InChI=1S/C20H24ClN7O/c1-29-18-7-14(12-2-4-23-5-3-12)16(21)6-15(18)17-8-19(28-27-17)26-20-11-24-13(9-22)10-25-20/h6-7,10-12,17,19,23,27-28H,2-5,8H2,1H3,(H,25,26). The number of halogens is 1. The molecule has 2 aliphatic heterocycles. The number of nitrogens with one attached hydrogen (secondary N) is 4. The van der Waals surface area contributed by atoms with Crippen LogP contribution in [0.2, 0.25) is 5.02 Å². The molecule has 2 unspecified atom stereocenters. The molecule has 0 radical (unpaired) electrons. The number of piperidine rings is 1. The van der Waals surface area contributed by atoms with Crippen LogP contribution in [0.25, 0.3) is 0 Å². The van der Waals surface area contributed by atoms with Crippen molar-refractivity contribution in [3.63, 3.8) is 0 Å². The van der Waals surface area contributed by atoms with E-state index in [-0.39, 0.29) is 12.2 Å². The van der Waals surface area contributed by atoms with Crippen LogP contribution in [0.15, 0.2) is 24.5 Å². The molecule has 0 aliphatic carbocycles. The van der Waals surface area contributed by atoms with Crippen molar-refractivity contribution in [3.8, 4) is 11.8 Å². The monoisotopic (exact) mass is 413 g/mol. The molecule has 2 saturated heterocycles. The van der Waals surface area contributed by atoms with Gasteiger partial charge < -0.3 is 15.4 Å². The summed E-state index contributed by atoms with van der Waals surface area (Å²) in [6.07, 6.45) is 5.89. The predicted octanol–water partition coefficient (Wildman–Crippen LogP) is 2.45. The van der Waals surface area contributed by atoms with Crippen LogP contribution in [-0.4, -0.2) is 36.3 Å². The topological polar surface area (TPSA) is 107 Å². The van der Waals surface area contributed by atoms with Gasteiger partial charge in [-0.25, -0.2) is 20.8 Å². The molecule has 2 aromatic rings. The maximum Gasteiger partial charge on any atom is 0.158 e.